The van der Waals surface area contributed by atoms with Gasteiger partial charge in [-0.05, 0) is 37.1 Å². The summed E-state index contributed by atoms with van der Waals surface area (Å²) in [5.74, 6) is 0.258. The predicted molar refractivity (Wildman–Crippen MR) is 152 cm³/mol. The molecule has 0 aliphatic carbocycles. The van der Waals surface area contributed by atoms with Crippen LogP contribution < -0.4 is 10.9 Å². The summed E-state index contributed by atoms with van der Waals surface area (Å²) in [6.45, 7) is 8.50. The van der Waals surface area contributed by atoms with Crippen LogP contribution in [0.5, 0.6) is 0 Å². The highest BCUT2D eigenvalue weighted by Crippen LogP contribution is 2.38. The number of carbonyl (C=O) groups is 1. The molecule has 1 unspecified atom stereocenters. The van der Waals surface area contributed by atoms with Gasteiger partial charge in [0.2, 0.25) is 0 Å². The van der Waals surface area contributed by atoms with Crippen LogP contribution in [0.2, 0.25) is 0 Å². The molecule has 2 fully saturated rings. The highest BCUT2D eigenvalue weighted by Gasteiger charge is 2.36. The van der Waals surface area contributed by atoms with Gasteiger partial charge in [-0.1, -0.05) is 60.4 Å². The minimum absolute atomic E-state index is 0.209. The van der Waals surface area contributed by atoms with E-state index in [1.165, 1.54) is 16.2 Å². The molecule has 10 heteroatoms. The Morgan fingerprint density at radius 2 is 1.92 bits per heavy atom. The molecule has 0 bridgehead atoms. The molecule has 192 valence electrons. The summed E-state index contributed by atoms with van der Waals surface area (Å²) >= 11 is 6.80. The second-order valence-corrected chi connectivity index (χ2v) is 10.8. The number of thioether (sulfide) groups is 1. The fourth-order valence-electron chi connectivity index (χ4n) is 4.56. The fraction of sp³-hybridized carbons (Fsp3) is 0.333. The smallest absolute Gasteiger partial charge is 0.267 e. The van der Waals surface area contributed by atoms with Crippen molar-refractivity contribution in [3.05, 3.63) is 80.6 Å². The predicted octanol–water partition coefficient (Wildman–Crippen LogP) is 3.71. The van der Waals surface area contributed by atoms with Gasteiger partial charge in [-0.2, -0.15) is 0 Å². The van der Waals surface area contributed by atoms with Crippen LogP contribution in [-0.2, 0) is 9.53 Å². The van der Waals surface area contributed by atoms with E-state index in [2.05, 4.69) is 10.2 Å². The van der Waals surface area contributed by atoms with Crippen LogP contribution in [0.4, 0.5) is 5.82 Å². The zero-order valence-electron chi connectivity index (χ0n) is 20.8. The van der Waals surface area contributed by atoms with Crippen LogP contribution in [0, 0.1) is 6.92 Å². The Balaban J connectivity index is 1.48. The molecule has 0 radical (unpaired) electrons. The lowest BCUT2D eigenvalue weighted by atomic mass is 10.1. The molecule has 2 aliphatic rings. The van der Waals surface area contributed by atoms with Crippen molar-refractivity contribution in [3.8, 4) is 0 Å². The van der Waals surface area contributed by atoms with Crippen molar-refractivity contribution >= 4 is 51.7 Å². The van der Waals surface area contributed by atoms with Gasteiger partial charge in [-0.15, -0.1) is 0 Å². The van der Waals surface area contributed by atoms with E-state index < -0.39 is 0 Å². The first-order valence-corrected chi connectivity index (χ1v) is 13.5. The number of hydrogen-bond donors (Lipinski definition) is 1. The number of ether oxygens (including phenoxy) is 1. The third-order valence-corrected chi connectivity index (χ3v) is 8.01. The van der Waals surface area contributed by atoms with E-state index >= 15 is 0 Å². The number of nitrogens with one attached hydrogen (secondary N) is 1. The molecule has 1 N–H and O–H groups in total. The van der Waals surface area contributed by atoms with Crippen molar-refractivity contribution in [2.24, 2.45) is 0 Å². The van der Waals surface area contributed by atoms with Gasteiger partial charge in [0.15, 0.2) is 0 Å². The molecular formula is C27H29N5O3S2. The van der Waals surface area contributed by atoms with Crippen molar-refractivity contribution in [1.82, 2.24) is 19.2 Å². The molecule has 3 aromatic rings. The van der Waals surface area contributed by atoms with Crippen molar-refractivity contribution in [3.63, 3.8) is 0 Å². The average Bonchev–Trinajstić information content (AvgIpc) is 3.19. The number of hydrogen-bond acceptors (Lipinski definition) is 8. The minimum Gasteiger partial charge on any atom is -0.379 e. The van der Waals surface area contributed by atoms with E-state index in [0.717, 1.165) is 44.0 Å². The van der Waals surface area contributed by atoms with E-state index in [0.29, 0.717) is 32.8 Å². The summed E-state index contributed by atoms with van der Waals surface area (Å²) in [4.78, 5) is 36.2. The van der Waals surface area contributed by atoms with Crippen LogP contribution >= 0.6 is 24.0 Å². The molecular weight excluding hydrogens is 506 g/mol. The quantitative estimate of drug-likeness (QED) is 0.362. The maximum Gasteiger partial charge on any atom is 0.267 e. The van der Waals surface area contributed by atoms with E-state index in [9.17, 15) is 9.59 Å². The van der Waals surface area contributed by atoms with Crippen LogP contribution in [0.25, 0.3) is 11.7 Å². The lowest BCUT2D eigenvalue weighted by molar-refractivity contribution is -0.123. The van der Waals surface area contributed by atoms with Gasteiger partial charge >= 0.3 is 0 Å². The second kappa shape index (κ2) is 11.1. The molecule has 2 aromatic heterocycles. The summed E-state index contributed by atoms with van der Waals surface area (Å²) in [5, 5.41) is 3.36. The van der Waals surface area contributed by atoms with E-state index in [4.69, 9.17) is 21.9 Å². The first-order chi connectivity index (χ1) is 17.9. The Morgan fingerprint density at radius 1 is 1.16 bits per heavy atom. The Kier molecular flexibility index (Phi) is 7.71. The topological polar surface area (TPSA) is 79.2 Å². The molecule has 8 nitrogen and oxygen atoms in total. The van der Waals surface area contributed by atoms with Gasteiger partial charge in [0.25, 0.3) is 11.5 Å². The van der Waals surface area contributed by atoms with Gasteiger partial charge in [0.1, 0.15) is 15.8 Å². The van der Waals surface area contributed by atoms with Crippen LogP contribution in [0.1, 0.15) is 29.7 Å². The first kappa shape index (κ1) is 25.6. The molecule has 5 rings (SSSR count). The SMILES string of the molecule is Cc1cccn2c(=O)c(C=C3SC(=S)N(C(C)c4ccccc4)C3=O)c(NCCN3CCOCC3)nc12. The minimum atomic E-state index is -0.232. The number of fused-ring (bicyclic) bond motifs is 1. The number of nitrogens with zero attached hydrogens (tertiary/aromatic N) is 4. The fourth-order valence-corrected chi connectivity index (χ4v) is 5.96. The molecule has 1 atom stereocenters. The third-order valence-electron chi connectivity index (χ3n) is 6.68. The van der Waals surface area contributed by atoms with Crippen molar-refractivity contribution < 1.29 is 9.53 Å². The van der Waals surface area contributed by atoms with Gasteiger partial charge < -0.3 is 10.1 Å². The van der Waals surface area contributed by atoms with Gasteiger partial charge in [0.05, 0.1) is 29.7 Å². The molecule has 2 aliphatic heterocycles. The highest BCUT2D eigenvalue weighted by molar-refractivity contribution is 8.26. The summed E-state index contributed by atoms with van der Waals surface area (Å²) < 4.78 is 7.43. The number of pyridine rings is 1. The molecule has 2 saturated heterocycles. The van der Waals surface area contributed by atoms with Gasteiger partial charge in [-0.3, -0.25) is 23.8 Å². The van der Waals surface area contributed by atoms with Crippen LogP contribution in [0.3, 0.4) is 0 Å². The Morgan fingerprint density at radius 3 is 2.68 bits per heavy atom. The lowest BCUT2D eigenvalue weighted by Gasteiger charge is -2.26. The highest BCUT2D eigenvalue weighted by atomic mass is 32.2. The van der Waals surface area contributed by atoms with E-state index in [-0.39, 0.29) is 17.5 Å². The molecule has 0 saturated carbocycles. The third kappa shape index (κ3) is 5.33. The van der Waals surface area contributed by atoms with Crippen molar-refractivity contribution in [2.75, 3.05) is 44.7 Å². The molecule has 4 heterocycles. The molecule has 1 aromatic carbocycles. The number of aromatic nitrogens is 2. The van der Waals surface area contributed by atoms with Crippen molar-refractivity contribution in [1.29, 1.82) is 0 Å². The van der Waals surface area contributed by atoms with Crippen LogP contribution in [0.15, 0.2) is 58.4 Å². The lowest BCUT2D eigenvalue weighted by Crippen LogP contribution is -2.39. The Hall–Kier alpha value is -3.05. The maximum absolute atomic E-state index is 13.6. The number of benzene rings is 1. The van der Waals surface area contributed by atoms with E-state index in [1.807, 2.05) is 56.3 Å². The van der Waals surface area contributed by atoms with Crippen molar-refractivity contribution in [2.45, 2.75) is 19.9 Å². The first-order valence-electron chi connectivity index (χ1n) is 12.3. The van der Waals surface area contributed by atoms with Gasteiger partial charge in [-0.25, -0.2) is 4.98 Å². The van der Waals surface area contributed by atoms with E-state index in [1.54, 1.807) is 17.2 Å². The largest absolute Gasteiger partial charge is 0.379 e. The summed E-state index contributed by atoms with van der Waals surface area (Å²) in [7, 11) is 0. The van der Waals surface area contributed by atoms with Gasteiger partial charge in [0, 0.05) is 32.4 Å². The second-order valence-electron chi connectivity index (χ2n) is 9.08. The Bertz CT molecular complexity index is 1420. The summed E-state index contributed by atoms with van der Waals surface area (Å²) in [6, 6.07) is 13.3. The van der Waals surface area contributed by atoms with Crippen LogP contribution in [-0.4, -0.2) is 68.8 Å². The number of carbonyl (C=O) groups excluding carboxylic acids is 1. The zero-order valence-corrected chi connectivity index (χ0v) is 22.5. The number of amides is 1. The number of aryl methyl sites for hydroxylation is 1. The molecule has 37 heavy (non-hydrogen) atoms. The number of morpholine rings is 1. The monoisotopic (exact) mass is 535 g/mol. The average molecular weight is 536 g/mol. The number of rotatable bonds is 7. The molecule has 0 spiro atoms. The number of anilines is 1. The summed E-state index contributed by atoms with van der Waals surface area (Å²) in [5.41, 5.74) is 2.59. The normalized spacial score (nSPS) is 18.6. The Labute approximate surface area is 225 Å². The summed E-state index contributed by atoms with van der Waals surface area (Å²) in [6.07, 6.45) is 3.34. The zero-order chi connectivity index (χ0) is 25.9. The standard InChI is InChI=1S/C27H29N5O3S2/c1-18-7-6-11-31-24(18)29-23(28-10-12-30-13-15-35-16-14-30)21(25(31)33)17-22-26(34)32(27(36)37-22)19(2)20-8-4-3-5-9-20/h3-9,11,17,19,28H,10,12-16H2,1-2H3. The maximum atomic E-state index is 13.6. The number of thiocarbonyl (C=S) groups is 1. The molecule has 1 amide bonds.